The first-order valence-electron chi connectivity index (χ1n) is 4.89. The number of nitrogens with zero attached hydrogens (tertiary/aromatic N) is 1. The molecule has 2 atom stereocenters. The van der Waals surface area contributed by atoms with Gasteiger partial charge in [-0.3, -0.25) is 9.59 Å². The van der Waals surface area contributed by atoms with Gasteiger partial charge in [-0.2, -0.15) is 13.2 Å². The van der Waals surface area contributed by atoms with E-state index >= 15 is 0 Å². The number of hydrogen-bond acceptors (Lipinski definition) is 3. The number of carbonyl (C=O) groups is 2. The lowest BCUT2D eigenvalue weighted by Crippen LogP contribution is -2.52. The summed E-state index contributed by atoms with van der Waals surface area (Å²) in [6.07, 6.45) is -5.89. The second-order valence-electron chi connectivity index (χ2n) is 3.76. The molecular formula is C9H12F3NO4. The molecule has 1 saturated heterocycles. The van der Waals surface area contributed by atoms with Crippen LogP contribution in [0, 0.1) is 5.92 Å². The molecule has 1 aliphatic heterocycles. The number of carboxylic acids is 1. The Bertz CT molecular complexity index is 318. The zero-order chi connectivity index (χ0) is 13.2. The zero-order valence-electron chi connectivity index (χ0n) is 9.03. The molecule has 1 N–H and O–H groups in total. The molecule has 17 heavy (non-hydrogen) atoms. The quantitative estimate of drug-likeness (QED) is 0.780. The third kappa shape index (κ3) is 3.09. The Hall–Kier alpha value is -1.31. The number of rotatable bonds is 2. The van der Waals surface area contributed by atoms with E-state index in [9.17, 15) is 22.8 Å². The van der Waals surface area contributed by atoms with Gasteiger partial charge in [0.05, 0.1) is 12.0 Å². The fraction of sp³-hybridized carbons (Fsp3) is 0.778. The molecule has 0 aliphatic carbocycles. The molecule has 0 saturated carbocycles. The van der Waals surface area contributed by atoms with Crippen LogP contribution in [0.1, 0.15) is 6.42 Å². The Morgan fingerprint density at radius 1 is 1.41 bits per heavy atom. The summed E-state index contributed by atoms with van der Waals surface area (Å²) >= 11 is 0. The van der Waals surface area contributed by atoms with Crippen LogP contribution in [0.15, 0.2) is 0 Å². The maximum atomic E-state index is 12.2. The Morgan fingerprint density at radius 2 is 2.00 bits per heavy atom. The highest BCUT2D eigenvalue weighted by atomic mass is 19.4. The number of likely N-dealkylation sites (tertiary alicyclic amines) is 1. The number of halogens is 3. The van der Waals surface area contributed by atoms with Crippen molar-refractivity contribution in [1.29, 1.82) is 0 Å². The van der Waals surface area contributed by atoms with Crippen molar-refractivity contribution in [2.45, 2.75) is 18.7 Å². The van der Waals surface area contributed by atoms with E-state index in [1.807, 2.05) is 0 Å². The van der Waals surface area contributed by atoms with Crippen LogP contribution in [-0.4, -0.2) is 54.4 Å². The van der Waals surface area contributed by atoms with Gasteiger partial charge >= 0.3 is 18.1 Å². The molecule has 8 heteroatoms. The van der Waals surface area contributed by atoms with E-state index in [2.05, 4.69) is 0 Å². The second-order valence-corrected chi connectivity index (χ2v) is 3.76. The molecule has 0 aromatic carbocycles. The molecule has 0 spiro atoms. The van der Waals surface area contributed by atoms with Gasteiger partial charge in [0.1, 0.15) is 0 Å². The minimum Gasteiger partial charge on any atom is -0.481 e. The van der Waals surface area contributed by atoms with E-state index in [-0.39, 0.29) is 19.5 Å². The lowest BCUT2D eigenvalue weighted by molar-refractivity contribution is -0.190. The van der Waals surface area contributed by atoms with Gasteiger partial charge in [-0.25, -0.2) is 0 Å². The van der Waals surface area contributed by atoms with E-state index in [1.165, 1.54) is 7.11 Å². The zero-order valence-corrected chi connectivity index (χ0v) is 9.03. The monoisotopic (exact) mass is 255 g/mol. The SMILES string of the molecule is CO[C@@H]1CN(C(=O)C(F)(F)F)CC[C@@H]1C(=O)O. The first kappa shape index (κ1) is 13.8. The van der Waals surface area contributed by atoms with Crippen LogP contribution < -0.4 is 0 Å². The minimum absolute atomic E-state index is 0.0460. The number of hydrogen-bond donors (Lipinski definition) is 1. The second kappa shape index (κ2) is 4.91. The van der Waals surface area contributed by atoms with Crippen LogP contribution in [0.4, 0.5) is 13.2 Å². The molecule has 98 valence electrons. The van der Waals surface area contributed by atoms with Crippen LogP contribution >= 0.6 is 0 Å². The molecular weight excluding hydrogens is 243 g/mol. The van der Waals surface area contributed by atoms with Crippen LogP contribution in [0.25, 0.3) is 0 Å². The number of methoxy groups -OCH3 is 1. The molecule has 5 nitrogen and oxygen atoms in total. The molecule has 1 heterocycles. The largest absolute Gasteiger partial charge is 0.481 e. The first-order valence-corrected chi connectivity index (χ1v) is 4.89. The summed E-state index contributed by atoms with van der Waals surface area (Å²) in [5.74, 6) is -3.96. The Balaban J connectivity index is 2.72. The minimum atomic E-state index is -4.94. The summed E-state index contributed by atoms with van der Waals surface area (Å²) < 4.78 is 41.3. The molecule has 1 rings (SSSR count). The van der Waals surface area contributed by atoms with Gasteiger partial charge in [-0.15, -0.1) is 0 Å². The van der Waals surface area contributed by atoms with Crippen molar-refractivity contribution in [2.75, 3.05) is 20.2 Å². The summed E-state index contributed by atoms with van der Waals surface area (Å²) in [4.78, 5) is 22.3. The standard InChI is InChI=1S/C9H12F3NO4/c1-17-6-4-13(8(16)9(10,11)12)3-2-5(6)7(14)15/h5-6H,2-4H2,1H3,(H,14,15)/t5-,6+/m0/s1. The normalized spacial score (nSPS) is 25.8. The maximum Gasteiger partial charge on any atom is 0.471 e. The molecule has 1 aliphatic rings. The predicted molar refractivity (Wildman–Crippen MR) is 49.2 cm³/mol. The average molecular weight is 255 g/mol. The van der Waals surface area contributed by atoms with E-state index in [0.29, 0.717) is 4.90 Å². The lowest BCUT2D eigenvalue weighted by Gasteiger charge is -2.35. The van der Waals surface area contributed by atoms with Crippen molar-refractivity contribution in [3.05, 3.63) is 0 Å². The summed E-state index contributed by atoms with van der Waals surface area (Å²) in [7, 11) is 1.21. The van der Waals surface area contributed by atoms with Crippen LogP contribution in [0.2, 0.25) is 0 Å². The van der Waals surface area contributed by atoms with Crippen molar-refractivity contribution in [3.8, 4) is 0 Å². The van der Waals surface area contributed by atoms with Crippen molar-refractivity contribution in [3.63, 3.8) is 0 Å². The van der Waals surface area contributed by atoms with Gasteiger partial charge in [0.15, 0.2) is 0 Å². The highest BCUT2D eigenvalue weighted by Gasteiger charge is 2.46. The highest BCUT2D eigenvalue weighted by Crippen LogP contribution is 2.25. The van der Waals surface area contributed by atoms with E-state index < -0.39 is 30.1 Å². The van der Waals surface area contributed by atoms with Crippen LogP contribution in [0.5, 0.6) is 0 Å². The lowest BCUT2D eigenvalue weighted by atomic mass is 9.94. The van der Waals surface area contributed by atoms with Gasteiger partial charge in [0.2, 0.25) is 0 Å². The Kier molecular flexibility index (Phi) is 3.97. The summed E-state index contributed by atoms with van der Waals surface area (Å²) in [6, 6.07) is 0. The van der Waals surface area contributed by atoms with E-state index in [4.69, 9.17) is 9.84 Å². The molecule has 0 unspecified atom stereocenters. The Labute approximate surface area is 95.1 Å². The molecule has 0 aromatic rings. The maximum absolute atomic E-state index is 12.2. The molecule has 0 bridgehead atoms. The molecule has 1 fully saturated rings. The summed E-state index contributed by atoms with van der Waals surface area (Å²) in [6.45, 7) is -0.582. The van der Waals surface area contributed by atoms with Crippen LogP contribution in [0.3, 0.4) is 0 Å². The van der Waals surface area contributed by atoms with Gasteiger partial charge < -0.3 is 14.7 Å². The Morgan fingerprint density at radius 3 is 2.41 bits per heavy atom. The topological polar surface area (TPSA) is 66.8 Å². The summed E-state index contributed by atoms with van der Waals surface area (Å²) in [5.41, 5.74) is 0. The van der Waals surface area contributed by atoms with Crippen molar-refractivity contribution < 1.29 is 32.6 Å². The fourth-order valence-corrected chi connectivity index (χ4v) is 1.80. The number of carbonyl (C=O) groups excluding carboxylic acids is 1. The number of ether oxygens (including phenoxy) is 1. The summed E-state index contributed by atoms with van der Waals surface area (Å²) in [5, 5.41) is 8.82. The molecule has 1 amide bonds. The number of alkyl halides is 3. The number of piperidine rings is 1. The average Bonchev–Trinajstić information content (AvgIpc) is 2.25. The van der Waals surface area contributed by atoms with Crippen molar-refractivity contribution in [2.24, 2.45) is 5.92 Å². The third-order valence-electron chi connectivity index (χ3n) is 2.71. The number of aliphatic carboxylic acids is 1. The number of carboxylic acid groups (broad SMARTS) is 1. The molecule has 0 radical (unpaired) electrons. The first-order chi connectivity index (χ1) is 7.77. The fourth-order valence-electron chi connectivity index (χ4n) is 1.80. The smallest absolute Gasteiger partial charge is 0.471 e. The van der Waals surface area contributed by atoms with Gasteiger partial charge in [0.25, 0.3) is 0 Å². The highest BCUT2D eigenvalue weighted by molar-refractivity contribution is 5.82. The van der Waals surface area contributed by atoms with Gasteiger partial charge in [-0.1, -0.05) is 0 Å². The third-order valence-corrected chi connectivity index (χ3v) is 2.71. The van der Waals surface area contributed by atoms with Crippen molar-refractivity contribution in [1.82, 2.24) is 4.90 Å². The number of amides is 1. The van der Waals surface area contributed by atoms with E-state index in [1.54, 1.807) is 0 Å². The van der Waals surface area contributed by atoms with Gasteiger partial charge in [0, 0.05) is 20.2 Å². The van der Waals surface area contributed by atoms with Crippen molar-refractivity contribution >= 4 is 11.9 Å². The molecule has 0 aromatic heterocycles. The van der Waals surface area contributed by atoms with Crippen LogP contribution in [-0.2, 0) is 14.3 Å². The van der Waals surface area contributed by atoms with E-state index in [0.717, 1.165) is 0 Å². The van der Waals surface area contributed by atoms with Gasteiger partial charge in [-0.05, 0) is 6.42 Å². The predicted octanol–water partition coefficient (Wildman–Crippen LogP) is 0.497.